The second-order valence-corrected chi connectivity index (χ2v) is 11.2. The predicted octanol–water partition coefficient (Wildman–Crippen LogP) is 11.0. The Balaban J connectivity index is 0.000000202. The Morgan fingerprint density at radius 2 is 1.12 bits per heavy atom. The average Bonchev–Trinajstić information content (AvgIpc) is 3.12. The highest BCUT2D eigenvalue weighted by Crippen LogP contribution is 2.36. The fraction of sp³-hybridized carbons (Fsp3) is 0.111. The second kappa shape index (κ2) is 15.7. The molecule has 0 saturated carbocycles. The van der Waals surface area contributed by atoms with Crippen LogP contribution in [0.25, 0.3) is 54.5 Å². The molecule has 6 rings (SSSR count). The fourth-order valence-electron chi connectivity index (χ4n) is 5.33. The highest BCUT2D eigenvalue weighted by Gasteiger charge is 2.32. The van der Waals surface area contributed by atoms with E-state index in [0.717, 1.165) is 11.1 Å². The number of azide groups is 1. The van der Waals surface area contributed by atoms with Gasteiger partial charge in [-0.25, -0.2) is 0 Å². The largest absolute Gasteiger partial charge is 0.573 e. The number of aromatic nitrogens is 2. The van der Waals surface area contributed by atoms with Gasteiger partial charge in [-0.05, 0) is 88.4 Å². The SMILES string of the molecule is N#Cc1c(CBr)cc(-c2ccc(OC(F)(F)F)cc2)c2ncccc12.N#Cc1c(CN=[N+]=[N-])cc(-c2ccc(OC(F)(F)F)cc2)c2ncccc12. The van der Waals surface area contributed by atoms with Gasteiger partial charge in [0.1, 0.15) is 23.6 Å². The van der Waals surface area contributed by atoms with Gasteiger partial charge in [-0.2, -0.15) is 10.5 Å². The maximum absolute atomic E-state index is 12.3. The minimum atomic E-state index is -4.77. The van der Waals surface area contributed by atoms with Crippen molar-refractivity contribution in [1.82, 2.24) is 9.97 Å². The first-order chi connectivity index (χ1) is 24.9. The molecule has 9 nitrogen and oxygen atoms in total. The smallest absolute Gasteiger partial charge is 0.406 e. The molecule has 0 aliphatic carbocycles. The molecule has 0 N–H and O–H groups in total. The average molecular weight is 776 g/mol. The normalized spacial score (nSPS) is 11.1. The minimum Gasteiger partial charge on any atom is -0.406 e. The molecule has 260 valence electrons. The third kappa shape index (κ3) is 8.68. The number of ether oxygens (including phenoxy) is 2. The number of alkyl halides is 7. The Morgan fingerprint density at radius 1 is 0.692 bits per heavy atom. The summed E-state index contributed by atoms with van der Waals surface area (Å²) in [6.45, 7) is -0.0352. The monoisotopic (exact) mass is 775 g/mol. The van der Waals surface area contributed by atoms with E-state index in [-0.39, 0.29) is 18.0 Å². The lowest BCUT2D eigenvalue weighted by atomic mass is 9.94. The first kappa shape index (κ1) is 36.9. The van der Waals surface area contributed by atoms with E-state index in [4.69, 9.17) is 5.53 Å². The van der Waals surface area contributed by atoms with Crippen LogP contribution < -0.4 is 9.47 Å². The fourth-order valence-corrected chi connectivity index (χ4v) is 5.78. The summed E-state index contributed by atoms with van der Waals surface area (Å²) in [4.78, 5) is 11.4. The topological polar surface area (TPSA) is 141 Å². The summed E-state index contributed by atoms with van der Waals surface area (Å²) in [5.74, 6) is -0.630. The molecule has 52 heavy (non-hydrogen) atoms. The molecule has 2 aromatic heterocycles. The van der Waals surface area contributed by atoms with Crippen LogP contribution in [0.1, 0.15) is 22.3 Å². The van der Waals surface area contributed by atoms with E-state index in [2.05, 4.69) is 57.5 Å². The van der Waals surface area contributed by atoms with Crippen molar-refractivity contribution in [3.05, 3.63) is 130 Å². The lowest BCUT2D eigenvalue weighted by Crippen LogP contribution is -2.16. The molecule has 0 spiro atoms. The van der Waals surface area contributed by atoms with E-state index in [1.807, 2.05) is 6.07 Å². The van der Waals surface area contributed by atoms with Crippen LogP contribution in [0.15, 0.2) is 102 Å². The molecule has 0 fully saturated rings. The summed E-state index contributed by atoms with van der Waals surface area (Å²) in [6, 6.07) is 25.6. The van der Waals surface area contributed by atoms with Crippen LogP contribution in [0.3, 0.4) is 0 Å². The third-order valence-electron chi connectivity index (χ3n) is 7.41. The summed E-state index contributed by atoms with van der Waals surface area (Å²) < 4.78 is 81.6. The molecule has 0 radical (unpaired) electrons. The second-order valence-electron chi connectivity index (χ2n) is 10.6. The number of nitriles is 2. The lowest BCUT2D eigenvalue weighted by molar-refractivity contribution is -0.275. The molecule has 0 atom stereocenters. The number of fused-ring (bicyclic) bond motifs is 2. The molecular weight excluding hydrogens is 756 g/mol. The summed E-state index contributed by atoms with van der Waals surface area (Å²) in [7, 11) is 0. The number of rotatable bonds is 7. The molecule has 4 aromatic carbocycles. The van der Waals surface area contributed by atoms with E-state index < -0.39 is 12.7 Å². The van der Waals surface area contributed by atoms with E-state index >= 15 is 0 Å². The van der Waals surface area contributed by atoms with Gasteiger partial charge >= 0.3 is 12.7 Å². The molecule has 0 amide bonds. The van der Waals surface area contributed by atoms with Gasteiger partial charge < -0.3 is 9.47 Å². The number of halogens is 7. The molecular formula is C36H20BrF6N7O2. The van der Waals surface area contributed by atoms with Crippen LogP contribution in [0.4, 0.5) is 26.3 Å². The molecule has 0 unspecified atom stereocenters. The van der Waals surface area contributed by atoms with Gasteiger partial charge in [-0.15, -0.1) is 26.3 Å². The molecule has 0 aliphatic heterocycles. The summed E-state index contributed by atoms with van der Waals surface area (Å²) in [6.07, 6.45) is -6.33. The van der Waals surface area contributed by atoms with Crippen LogP contribution in [0, 0.1) is 22.7 Å². The zero-order valence-electron chi connectivity index (χ0n) is 26.2. The summed E-state index contributed by atoms with van der Waals surface area (Å²) >= 11 is 3.37. The Kier molecular flexibility index (Phi) is 11.1. The van der Waals surface area contributed by atoms with Gasteiger partial charge in [0.2, 0.25) is 0 Å². The molecule has 6 aromatic rings. The van der Waals surface area contributed by atoms with E-state index in [9.17, 15) is 36.9 Å². The molecule has 0 saturated heterocycles. The van der Waals surface area contributed by atoms with Gasteiger partial charge in [0, 0.05) is 44.5 Å². The van der Waals surface area contributed by atoms with Crippen LogP contribution in [0.2, 0.25) is 0 Å². The van der Waals surface area contributed by atoms with Crippen molar-refractivity contribution in [1.29, 1.82) is 10.5 Å². The number of nitrogens with zero attached hydrogens (tertiary/aromatic N) is 7. The van der Waals surface area contributed by atoms with Crippen molar-refractivity contribution in [3.8, 4) is 45.9 Å². The minimum absolute atomic E-state index is 0.0352. The van der Waals surface area contributed by atoms with Gasteiger partial charge in [-0.1, -0.05) is 45.3 Å². The maximum atomic E-state index is 12.3. The van der Waals surface area contributed by atoms with Crippen molar-refractivity contribution in [3.63, 3.8) is 0 Å². The standard InChI is InChI=1S/C18H10BrF3N2O.C18H10F3N5O/c19-9-12-8-15(17-14(16(12)10-23)2-1-7-24-17)11-3-5-13(6-4-11)25-18(20,21)22;19-18(20,21)27-13-5-3-11(4-6-13)15-8-12(10-25-26-23)16(9-22)14-2-1-7-24-17(14)15/h1-8H,9H2;1-8H,10H2. The van der Waals surface area contributed by atoms with Crippen molar-refractivity contribution in [2.45, 2.75) is 24.6 Å². The quantitative estimate of drug-likeness (QED) is 0.0519. The Labute approximate surface area is 299 Å². The highest BCUT2D eigenvalue weighted by molar-refractivity contribution is 9.08. The summed E-state index contributed by atoms with van der Waals surface area (Å²) in [5.41, 5.74) is 14.5. The van der Waals surface area contributed by atoms with Gasteiger partial charge in [0.25, 0.3) is 0 Å². The van der Waals surface area contributed by atoms with Gasteiger partial charge in [0.05, 0.1) is 28.7 Å². The Morgan fingerprint density at radius 3 is 1.50 bits per heavy atom. The maximum Gasteiger partial charge on any atom is 0.573 e. The van der Waals surface area contributed by atoms with Crippen molar-refractivity contribution in [2.75, 3.05) is 0 Å². The molecule has 16 heteroatoms. The van der Waals surface area contributed by atoms with Crippen LogP contribution in [-0.4, -0.2) is 22.7 Å². The molecule has 0 aliphatic rings. The highest BCUT2D eigenvalue weighted by atomic mass is 79.9. The van der Waals surface area contributed by atoms with Gasteiger partial charge in [0.15, 0.2) is 0 Å². The van der Waals surface area contributed by atoms with Crippen molar-refractivity contribution in [2.24, 2.45) is 5.11 Å². The lowest BCUT2D eigenvalue weighted by Gasteiger charge is -2.13. The number of benzene rings is 4. The number of hydrogen-bond donors (Lipinski definition) is 0. The third-order valence-corrected chi connectivity index (χ3v) is 8.02. The van der Waals surface area contributed by atoms with Crippen LogP contribution in [-0.2, 0) is 11.9 Å². The van der Waals surface area contributed by atoms with Crippen LogP contribution >= 0.6 is 15.9 Å². The van der Waals surface area contributed by atoms with Crippen LogP contribution in [0.5, 0.6) is 11.5 Å². The van der Waals surface area contributed by atoms with Crippen molar-refractivity contribution < 1.29 is 35.8 Å². The van der Waals surface area contributed by atoms with E-state index in [0.29, 0.717) is 60.5 Å². The molecule has 2 heterocycles. The van der Waals surface area contributed by atoms with Gasteiger partial charge in [-0.3, -0.25) is 9.97 Å². The Hall–Kier alpha value is -6.35. The van der Waals surface area contributed by atoms with Crippen molar-refractivity contribution >= 4 is 37.7 Å². The Bertz CT molecular complexity index is 2380. The number of hydrogen-bond acceptors (Lipinski definition) is 7. The zero-order valence-corrected chi connectivity index (χ0v) is 27.8. The molecule has 0 bridgehead atoms. The number of pyridine rings is 2. The predicted molar refractivity (Wildman–Crippen MR) is 183 cm³/mol. The zero-order chi connectivity index (χ0) is 37.5. The summed E-state index contributed by atoms with van der Waals surface area (Å²) in [5, 5.41) is 24.2. The van der Waals surface area contributed by atoms with E-state index in [1.165, 1.54) is 48.5 Å². The van der Waals surface area contributed by atoms with E-state index in [1.54, 1.807) is 42.7 Å². The first-order valence-corrected chi connectivity index (χ1v) is 15.9. The first-order valence-electron chi connectivity index (χ1n) is 14.8.